The summed E-state index contributed by atoms with van der Waals surface area (Å²) in [4.78, 5) is 7.53. The second kappa shape index (κ2) is 5.33. The molecule has 0 saturated carbocycles. The first-order valence-corrected chi connectivity index (χ1v) is 4.81. The van der Waals surface area contributed by atoms with Crippen molar-refractivity contribution >= 4 is 30.2 Å². The molecule has 0 atom stereocenters. The van der Waals surface area contributed by atoms with Gasteiger partial charge in [0.25, 0.3) is 0 Å². The maximum Gasteiger partial charge on any atom is 0.488 e. The third-order valence-electron chi connectivity index (χ3n) is 2.10. The van der Waals surface area contributed by atoms with E-state index in [1.807, 2.05) is 0 Å². The molecule has 1 aromatic rings. The second-order valence-electron chi connectivity index (χ2n) is 3.37. The Hall–Kier alpha value is -2.06. The Balaban J connectivity index is 3.16. The van der Waals surface area contributed by atoms with Crippen LogP contribution >= 0.6 is 0 Å². The summed E-state index contributed by atoms with van der Waals surface area (Å²) in [6.45, 7) is 1.69. The number of guanidine groups is 2. The smallest absolute Gasteiger partial charge is 0.423 e. The van der Waals surface area contributed by atoms with Gasteiger partial charge in [-0.05, 0) is 24.0 Å². The highest BCUT2D eigenvalue weighted by Crippen LogP contribution is 2.15. The fraction of sp³-hybridized carbons (Fsp3) is 0.111. The lowest BCUT2D eigenvalue weighted by Crippen LogP contribution is -2.32. The minimum atomic E-state index is -1.56. The average Bonchev–Trinajstić information content (AvgIpc) is 2.19. The van der Waals surface area contributed by atoms with E-state index in [-0.39, 0.29) is 11.9 Å². The maximum atomic E-state index is 9.12. The van der Waals surface area contributed by atoms with Crippen LogP contribution in [0, 0.1) is 6.92 Å². The predicted molar refractivity (Wildman–Crippen MR) is 68.1 cm³/mol. The Bertz CT molecular complexity index is 468. The lowest BCUT2D eigenvalue weighted by atomic mass is 9.77. The molecule has 0 fully saturated rings. The van der Waals surface area contributed by atoms with Crippen LogP contribution in [0.5, 0.6) is 0 Å². The van der Waals surface area contributed by atoms with Crippen LogP contribution in [-0.4, -0.2) is 29.1 Å². The van der Waals surface area contributed by atoms with E-state index in [0.29, 0.717) is 16.7 Å². The number of nitrogens with zero attached hydrogens (tertiary/aromatic N) is 2. The molecule has 0 saturated heterocycles. The molecular formula is C9H14BN5O2. The second-order valence-corrected chi connectivity index (χ2v) is 3.37. The van der Waals surface area contributed by atoms with E-state index in [1.54, 1.807) is 25.1 Å². The van der Waals surface area contributed by atoms with Gasteiger partial charge in [0.05, 0.1) is 5.69 Å². The molecule has 0 heterocycles. The van der Waals surface area contributed by atoms with Crippen molar-refractivity contribution in [2.75, 3.05) is 0 Å². The average molecular weight is 235 g/mol. The predicted octanol–water partition coefficient (Wildman–Crippen LogP) is -2.11. The standard InChI is InChI=1S/C9H14BN5O2/c1-5-6(10(16)17)3-2-4-7(5)14-9(13)15-8(11)12/h2-4,16-17H,1H3,(H6,11,12,13,14,15). The minimum absolute atomic E-state index is 0.0994. The van der Waals surface area contributed by atoms with Crippen molar-refractivity contribution in [2.24, 2.45) is 27.2 Å². The molecule has 0 bridgehead atoms. The zero-order valence-electron chi connectivity index (χ0n) is 9.33. The number of rotatable bonds is 2. The normalized spacial score (nSPS) is 11.1. The molecule has 1 aromatic carbocycles. The van der Waals surface area contributed by atoms with Gasteiger partial charge in [-0.1, -0.05) is 12.1 Å². The van der Waals surface area contributed by atoms with Gasteiger partial charge in [0, 0.05) is 0 Å². The Kier molecular flexibility index (Phi) is 4.08. The van der Waals surface area contributed by atoms with Crippen molar-refractivity contribution in [2.45, 2.75) is 6.92 Å². The summed E-state index contributed by atoms with van der Waals surface area (Å²) in [6.07, 6.45) is 0. The number of nitrogens with two attached hydrogens (primary N) is 3. The van der Waals surface area contributed by atoms with Crippen LogP contribution in [-0.2, 0) is 0 Å². The molecule has 90 valence electrons. The van der Waals surface area contributed by atoms with E-state index in [0.717, 1.165) is 0 Å². The molecule has 8 N–H and O–H groups in total. The minimum Gasteiger partial charge on any atom is -0.423 e. The van der Waals surface area contributed by atoms with E-state index in [4.69, 9.17) is 27.2 Å². The largest absolute Gasteiger partial charge is 0.488 e. The zero-order chi connectivity index (χ0) is 13.0. The van der Waals surface area contributed by atoms with E-state index < -0.39 is 7.12 Å². The summed E-state index contributed by atoms with van der Waals surface area (Å²) in [5.74, 6) is -0.292. The van der Waals surface area contributed by atoms with Gasteiger partial charge in [-0.2, -0.15) is 4.99 Å². The van der Waals surface area contributed by atoms with Crippen LogP contribution in [0.25, 0.3) is 0 Å². The third-order valence-corrected chi connectivity index (χ3v) is 2.10. The summed E-state index contributed by atoms with van der Waals surface area (Å²) in [5.41, 5.74) is 17.2. The van der Waals surface area contributed by atoms with Crippen LogP contribution < -0.4 is 22.7 Å². The van der Waals surface area contributed by atoms with Gasteiger partial charge in [0.15, 0.2) is 5.96 Å². The molecule has 17 heavy (non-hydrogen) atoms. The molecule has 0 unspecified atom stereocenters. The van der Waals surface area contributed by atoms with E-state index in [9.17, 15) is 0 Å². The van der Waals surface area contributed by atoms with Crippen molar-refractivity contribution in [3.8, 4) is 0 Å². The Labute approximate surface area is 98.8 Å². The quantitative estimate of drug-likeness (QED) is 0.226. The third kappa shape index (κ3) is 3.47. The first-order valence-electron chi connectivity index (χ1n) is 4.81. The summed E-state index contributed by atoms with van der Waals surface area (Å²) in [7, 11) is -1.56. The van der Waals surface area contributed by atoms with Gasteiger partial charge in [0.1, 0.15) is 0 Å². The molecule has 1 rings (SSSR count). The van der Waals surface area contributed by atoms with Gasteiger partial charge in [-0.25, -0.2) is 4.99 Å². The summed E-state index contributed by atoms with van der Waals surface area (Å²) < 4.78 is 0. The van der Waals surface area contributed by atoms with Crippen molar-refractivity contribution in [1.82, 2.24) is 0 Å². The molecule has 7 nitrogen and oxygen atoms in total. The highest BCUT2D eigenvalue weighted by Gasteiger charge is 2.15. The van der Waals surface area contributed by atoms with Gasteiger partial charge >= 0.3 is 7.12 Å². The van der Waals surface area contributed by atoms with Crippen molar-refractivity contribution in [3.05, 3.63) is 23.8 Å². The number of aliphatic imine (C=N–C) groups is 2. The van der Waals surface area contributed by atoms with Gasteiger partial charge in [-0.15, -0.1) is 0 Å². The molecular weight excluding hydrogens is 221 g/mol. The molecule has 8 heteroatoms. The van der Waals surface area contributed by atoms with Crippen LogP contribution in [0.1, 0.15) is 5.56 Å². The van der Waals surface area contributed by atoms with E-state index in [1.165, 1.54) is 0 Å². The van der Waals surface area contributed by atoms with Gasteiger partial charge in [-0.3, -0.25) is 0 Å². The number of hydrogen-bond donors (Lipinski definition) is 5. The Morgan fingerprint density at radius 1 is 1.24 bits per heavy atom. The van der Waals surface area contributed by atoms with Crippen LogP contribution in [0.15, 0.2) is 28.2 Å². The molecule has 0 aromatic heterocycles. The zero-order valence-corrected chi connectivity index (χ0v) is 9.33. The highest BCUT2D eigenvalue weighted by molar-refractivity contribution is 6.59. The monoisotopic (exact) mass is 235 g/mol. The molecule has 0 spiro atoms. The van der Waals surface area contributed by atoms with Crippen LogP contribution in [0.4, 0.5) is 5.69 Å². The fourth-order valence-corrected chi connectivity index (χ4v) is 1.32. The first-order chi connectivity index (χ1) is 7.91. The molecule has 0 aliphatic heterocycles. The summed E-state index contributed by atoms with van der Waals surface area (Å²) in [5, 5.41) is 18.2. The Morgan fingerprint density at radius 2 is 1.88 bits per heavy atom. The lowest BCUT2D eigenvalue weighted by molar-refractivity contribution is 0.425. The molecule has 0 aliphatic carbocycles. The van der Waals surface area contributed by atoms with Crippen LogP contribution in [0.3, 0.4) is 0 Å². The Morgan fingerprint density at radius 3 is 2.41 bits per heavy atom. The van der Waals surface area contributed by atoms with Crippen LogP contribution in [0.2, 0.25) is 0 Å². The fourth-order valence-electron chi connectivity index (χ4n) is 1.32. The van der Waals surface area contributed by atoms with E-state index >= 15 is 0 Å². The topological polar surface area (TPSA) is 143 Å². The molecule has 0 aliphatic rings. The highest BCUT2D eigenvalue weighted by atomic mass is 16.4. The number of benzene rings is 1. The lowest BCUT2D eigenvalue weighted by Gasteiger charge is -2.07. The number of hydrogen-bond acceptors (Lipinski definition) is 3. The summed E-state index contributed by atoms with van der Waals surface area (Å²) in [6, 6.07) is 4.87. The van der Waals surface area contributed by atoms with Crippen molar-refractivity contribution in [1.29, 1.82) is 0 Å². The maximum absolute atomic E-state index is 9.12. The molecule has 0 radical (unpaired) electrons. The van der Waals surface area contributed by atoms with Gasteiger partial charge < -0.3 is 27.2 Å². The summed E-state index contributed by atoms with van der Waals surface area (Å²) >= 11 is 0. The van der Waals surface area contributed by atoms with E-state index in [2.05, 4.69) is 9.98 Å². The van der Waals surface area contributed by atoms with Crippen molar-refractivity contribution in [3.63, 3.8) is 0 Å². The van der Waals surface area contributed by atoms with Crippen molar-refractivity contribution < 1.29 is 10.0 Å². The molecule has 0 amide bonds. The SMILES string of the molecule is Cc1c(N=C(N)N=C(N)N)cccc1B(O)O. The first kappa shape index (κ1) is 13.0. The van der Waals surface area contributed by atoms with Gasteiger partial charge in [0.2, 0.25) is 5.96 Å².